The fourth-order valence-electron chi connectivity index (χ4n) is 3.97. The molecule has 3 heterocycles. The number of para-hydroxylation sites is 2. The summed E-state index contributed by atoms with van der Waals surface area (Å²) in [5.41, 5.74) is 5.80. The quantitative estimate of drug-likeness (QED) is 0.386. The summed E-state index contributed by atoms with van der Waals surface area (Å²) in [4.78, 5) is 7.04. The van der Waals surface area contributed by atoms with Crippen LogP contribution in [0, 0.1) is 0 Å². The minimum atomic E-state index is 1.14. The lowest BCUT2D eigenvalue weighted by molar-refractivity contribution is -0.594. The van der Waals surface area contributed by atoms with Crippen molar-refractivity contribution in [2.24, 2.45) is 0 Å². The van der Waals surface area contributed by atoms with Crippen LogP contribution in [0.5, 0.6) is 0 Å². The van der Waals surface area contributed by atoms with Crippen LogP contribution < -0.4 is 4.57 Å². The smallest absolute Gasteiger partial charge is 0.212 e. The monoisotopic (exact) mass is 334 g/mol. The van der Waals surface area contributed by atoms with E-state index in [4.69, 9.17) is 0 Å². The van der Waals surface area contributed by atoms with Crippen molar-refractivity contribution in [3.05, 3.63) is 85.2 Å². The number of hydrogen-bond donors (Lipinski definition) is 2. The number of fused-ring (bicyclic) bond motifs is 6. The molecule has 2 N–H and O–H groups in total. The van der Waals surface area contributed by atoms with Gasteiger partial charge in [0.2, 0.25) is 5.69 Å². The molecule has 0 aliphatic rings. The van der Waals surface area contributed by atoms with Gasteiger partial charge in [-0.3, -0.25) is 0 Å². The predicted octanol–water partition coefficient (Wildman–Crippen LogP) is 5.23. The summed E-state index contributed by atoms with van der Waals surface area (Å²) in [6, 6.07) is 25.6. The second-order valence-electron chi connectivity index (χ2n) is 6.75. The number of rotatable bonds is 1. The molecule has 0 bridgehead atoms. The average molecular weight is 334 g/mol. The van der Waals surface area contributed by atoms with Gasteiger partial charge in [0.05, 0.1) is 5.52 Å². The molecule has 3 heteroatoms. The molecule has 0 aliphatic heterocycles. The Bertz CT molecular complexity index is 1320. The Morgan fingerprint density at radius 3 is 1.92 bits per heavy atom. The van der Waals surface area contributed by atoms with Crippen molar-refractivity contribution in [2.45, 2.75) is 0 Å². The molecule has 3 nitrogen and oxygen atoms in total. The van der Waals surface area contributed by atoms with E-state index in [1.807, 2.05) is 0 Å². The van der Waals surface area contributed by atoms with Gasteiger partial charge in [-0.1, -0.05) is 36.4 Å². The van der Waals surface area contributed by atoms with Gasteiger partial charge in [-0.2, -0.15) is 4.57 Å². The van der Waals surface area contributed by atoms with Crippen LogP contribution in [0.15, 0.2) is 85.2 Å². The van der Waals surface area contributed by atoms with E-state index in [0.717, 1.165) is 16.7 Å². The summed E-state index contributed by atoms with van der Waals surface area (Å²) in [5, 5.41) is 5.05. The first-order valence-electron chi connectivity index (χ1n) is 8.79. The molecular formula is C23H16N3+. The third-order valence-corrected chi connectivity index (χ3v) is 5.23. The number of benzene rings is 3. The molecule has 0 atom stereocenters. The minimum absolute atomic E-state index is 1.14. The zero-order valence-electron chi connectivity index (χ0n) is 14.0. The van der Waals surface area contributed by atoms with Crippen LogP contribution in [-0.2, 0) is 0 Å². The topological polar surface area (TPSA) is 35.5 Å². The van der Waals surface area contributed by atoms with E-state index in [1.165, 1.54) is 32.6 Å². The third-order valence-electron chi connectivity index (χ3n) is 5.23. The highest BCUT2D eigenvalue weighted by molar-refractivity contribution is 6.08. The molecule has 122 valence electrons. The van der Waals surface area contributed by atoms with Crippen molar-refractivity contribution < 1.29 is 4.57 Å². The van der Waals surface area contributed by atoms with E-state index in [1.54, 1.807) is 0 Å². The Morgan fingerprint density at radius 2 is 1.15 bits per heavy atom. The number of hydrogen-bond acceptors (Lipinski definition) is 0. The summed E-state index contributed by atoms with van der Waals surface area (Å²) in [6.07, 6.45) is 4.30. The minimum Gasteiger partial charge on any atom is -0.354 e. The molecule has 6 rings (SSSR count). The highest BCUT2D eigenvalue weighted by Crippen LogP contribution is 2.27. The van der Waals surface area contributed by atoms with E-state index in [9.17, 15) is 0 Å². The van der Waals surface area contributed by atoms with Gasteiger partial charge in [-0.25, -0.2) is 0 Å². The van der Waals surface area contributed by atoms with Crippen LogP contribution in [0.3, 0.4) is 0 Å². The van der Waals surface area contributed by atoms with E-state index >= 15 is 0 Å². The van der Waals surface area contributed by atoms with Gasteiger partial charge < -0.3 is 9.97 Å². The number of aromatic nitrogens is 3. The molecule has 0 radical (unpaired) electrons. The van der Waals surface area contributed by atoms with Gasteiger partial charge in [0, 0.05) is 50.8 Å². The highest BCUT2D eigenvalue weighted by atomic mass is 15.0. The lowest BCUT2D eigenvalue weighted by atomic mass is 10.1. The van der Waals surface area contributed by atoms with Crippen LogP contribution in [0.25, 0.3) is 49.3 Å². The van der Waals surface area contributed by atoms with Crippen molar-refractivity contribution in [2.75, 3.05) is 0 Å². The zero-order valence-corrected chi connectivity index (χ0v) is 14.0. The molecule has 0 saturated heterocycles. The lowest BCUT2D eigenvalue weighted by Gasteiger charge is -1.97. The summed E-state index contributed by atoms with van der Waals surface area (Å²) in [5.74, 6) is 0. The second kappa shape index (κ2) is 4.96. The van der Waals surface area contributed by atoms with Gasteiger partial charge in [0.1, 0.15) is 5.52 Å². The number of pyridine rings is 1. The van der Waals surface area contributed by atoms with Crippen LogP contribution in [0.2, 0.25) is 0 Å². The number of nitrogens with zero attached hydrogens (tertiary/aromatic N) is 1. The Hall–Kier alpha value is -3.59. The van der Waals surface area contributed by atoms with Crippen LogP contribution >= 0.6 is 0 Å². The molecule has 0 saturated carbocycles. The molecule has 0 fully saturated rings. The first-order chi connectivity index (χ1) is 12.9. The van der Waals surface area contributed by atoms with Gasteiger partial charge >= 0.3 is 0 Å². The Labute approximate surface area is 149 Å². The molecule has 6 aromatic rings. The van der Waals surface area contributed by atoms with E-state index in [2.05, 4.69) is 99.7 Å². The van der Waals surface area contributed by atoms with Gasteiger partial charge in [-0.15, -0.1) is 0 Å². The zero-order chi connectivity index (χ0) is 17.1. The Kier molecular flexibility index (Phi) is 2.61. The van der Waals surface area contributed by atoms with E-state index in [-0.39, 0.29) is 0 Å². The standard InChI is InChI=1S/C23H15N3/c1-3-7-20-16(5-1)18-10-9-15(13-22(18)24-20)26-12-11-19-17-6-2-4-8-21(17)25-23(19)14-26/h1-14,24H/p+1. The van der Waals surface area contributed by atoms with Crippen LogP contribution in [-0.4, -0.2) is 9.97 Å². The first-order valence-corrected chi connectivity index (χ1v) is 8.79. The molecule has 26 heavy (non-hydrogen) atoms. The lowest BCUT2D eigenvalue weighted by Crippen LogP contribution is -2.29. The molecule has 0 spiro atoms. The van der Waals surface area contributed by atoms with Crippen molar-refractivity contribution in [3.8, 4) is 5.69 Å². The number of nitrogens with one attached hydrogen (secondary N) is 2. The average Bonchev–Trinajstić information content (AvgIpc) is 3.24. The van der Waals surface area contributed by atoms with E-state index < -0.39 is 0 Å². The third kappa shape index (κ3) is 1.85. The summed E-state index contributed by atoms with van der Waals surface area (Å²) in [6.45, 7) is 0. The number of H-pyrrole nitrogens is 2. The van der Waals surface area contributed by atoms with E-state index in [0.29, 0.717) is 0 Å². The molecule has 0 aliphatic carbocycles. The van der Waals surface area contributed by atoms with Crippen molar-refractivity contribution in [3.63, 3.8) is 0 Å². The van der Waals surface area contributed by atoms with Crippen molar-refractivity contribution in [1.82, 2.24) is 9.97 Å². The Morgan fingerprint density at radius 1 is 0.538 bits per heavy atom. The largest absolute Gasteiger partial charge is 0.354 e. The molecular weight excluding hydrogens is 318 g/mol. The molecule has 0 amide bonds. The first kappa shape index (κ1) is 13.7. The van der Waals surface area contributed by atoms with Gasteiger partial charge in [0.15, 0.2) is 12.4 Å². The van der Waals surface area contributed by atoms with Crippen molar-refractivity contribution >= 4 is 43.6 Å². The second-order valence-corrected chi connectivity index (χ2v) is 6.75. The number of aromatic amines is 2. The summed E-state index contributed by atoms with van der Waals surface area (Å²) in [7, 11) is 0. The van der Waals surface area contributed by atoms with Crippen molar-refractivity contribution in [1.29, 1.82) is 0 Å². The molecule has 3 aromatic carbocycles. The summed E-state index contributed by atoms with van der Waals surface area (Å²) >= 11 is 0. The molecule has 3 aromatic heterocycles. The molecule has 0 unspecified atom stereocenters. The normalized spacial score (nSPS) is 11.8. The van der Waals surface area contributed by atoms with Gasteiger partial charge in [-0.05, 0) is 18.2 Å². The predicted molar refractivity (Wildman–Crippen MR) is 107 cm³/mol. The maximum absolute atomic E-state index is 3.53. The maximum Gasteiger partial charge on any atom is 0.212 e. The highest BCUT2D eigenvalue weighted by Gasteiger charge is 2.13. The SMILES string of the molecule is c1ccc2c(c1)[nH]c1cc(-[n+]3ccc4c(c3)[nH]c3ccccc34)ccc12. The fourth-order valence-corrected chi connectivity index (χ4v) is 3.97. The fraction of sp³-hybridized carbons (Fsp3) is 0. The van der Waals surface area contributed by atoms with Gasteiger partial charge in [0.25, 0.3) is 0 Å². The van der Waals surface area contributed by atoms with Crippen LogP contribution in [0.1, 0.15) is 0 Å². The maximum atomic E-state index is 3.53. The summed E-state index contributed by atoms with van der Waals surface area (Å²) < 4.78 is 2.17. The Balaban J connectivity index is 1.57. The van der Waals surface area contributed by atoms with Crippen LogP contribution in [0.4, 0.5) is 0 Å².